The monoisotopic (exact) mass is 450 g/mol. The average molecular weight is 450 g/mol. The largest absolute Gasteiger partial charge is 0.357 e. The van der Waals surface area contributed by atoms with Crippen molar-refractivity contribution in [1.29, 1.82) is 0 Å². The molecule has 24 heavy (non-hydrogen) atoms. The minimum atomic E-state index is 0. The van der Waals surface area contributed by atoms with Gasteiger partial charge in [0.05, 0.1) is 6.33 Å². The lowest BCUT2D eigenvalue weighted by atomic mass is 10.2. The van der Waals surface area contributed by atoms with Crippen LogP contribution < -0.4 is 10.6 Å². The second-order valence-electron chi connectivity index (χ2n) is 6.27. The van der Waals surface area contributed by atoms with E-state index in [2.05, 4.69) is 64.7 Å². The van der Waals surface area contributed by atoms with Crippen molar-refractivity contribution in [2.75, 3.05) is 26.2 Å². The van der Waals surface area contributed by atoms with Crippen LogP contribution in [0.1, 0.15) is 41.0 Å². The molecule has 2 N–H and O–H groups in total. The molecule has 0 aliphatic heterocycles. The Bertz CT molecular complexity index is 422. The fourth-order valence-corrected chi connectivity index (χ4v) is 2.62. The molecule has 1 rings (SSSR count). The standard InChI is InChI=1S/C17H34N6.HI/c1-6-19-17(21-10-13-22-12-9-18-14-22)20-8-7-11-23(15(2)3)16(4)5;/h9,12,14-16H,6-8,10-11,13H2,1-5H3,(H2,19,20,21);1H. The molecule has 0 saturated heterocycles. The van der Waals surface area contributed by atoms with Gasteiger partial charge in [-0.25, -0.2) is 4.98 Å². The molecule has 140 valence electrons. The highest BCUT2D eigenvalue weighted by Crippen LogP contribution is 2.05. The van der Waals surface area contributed by atoms with Gasteiger partial charge in [-0.15, -0.1) is 24.0 Å². The molecule has 0 aromatic carbocycles. The molecule has 0 saturated carbocycles. The van der Waals surface area contributed by atoms with Crippen molar-refractivity contribution in [3.63, 3.8) is 0 Å². The van der Waals surface area contributed by atoms with E-state index in [0.717, 1.165) is 45.1 Å². The van der Waals surface area contributed by atoms with Crippen molar-refractivity contribution < 1.29 is 0 Å². The summed E-state index contributed by atoms with van der Waals surface area (Å²) >= 11 is 0. The van der Waals surface area contributed by atoms with Crippen LogP contribution in [0.5, 0.6) is 0 Å². The predicted molar refractivity (Wildman–Crippen MR) is 113 cm³/mol. The van der Waals surface area contributed by atoms with E-state index in [1.807, 2.05) is 12.5 Å². The first-order chi connectivity index (χ1) is 11.0. The summed E-state index contributed by atoms with van der Waals surface area (Å²) in [5.74, 6) is 0.897. The van der Waals surface area contributed by atoms with Gasteiger partial charge >= 0.3 is 0 Å². The van der Waals surface area contributed by atoms with E-state index in [9.17, 15) is 0 Å². The lowest BCUT2D eigenvalue weighted by Gasteiger charge is -2.30. The molecule has 1 heterocycles. The van der Waals surface area contributed by atoms with Gasteiger partial charge in [-0.3, -0.25) is 9.89 Å². The molecule has 0 aliphatic carbocycles. The molecule has 0 radical (unpaired) electrons. The number of aromatic nitrogens is 2. The van der Waals surface area contributed by atoms with Crippen LogP contribution in [0.25, 0.3) is 0 Å². The van der Waals surface area contributed by atoms with Crippen molar-refractivity contribution in [3.05, 3.63) is 18.7 Å². The molecule has 7 heteroatoms. The first-order valence-corrected chi connectivity index (χ1v) is 8.78. The first kappa shape index (κ1) is 23.2. The van der Waals surface area contributed by atoms with E-state index < -0.39 is 0 Å². The lowest BCUT2D eigenvalue weighted by molar-refractivity contribution is 0.174. The SMILES string of the molecule is CCNC(=NCCCN(C(C)C)C(C)C)NCCn1ccnc1.I. The highest BCUT2D eigenvalue weighted by Gasteiger charge is 2.12. The fourth-order valence-electron chi connectivity index (χ4n) is 2.62. The Balaban J connectivity index is 0.00000529. The van der Waals surface area contributed by atoms with E-state index >= 15 is 0 Å². The summed E-state index contributed by atoms with van der Waals surface area (Å²) in [6.07, 6.45) is 6.68. The number of halogens is 1. The molecule has 0 unspecified atom stereocenters. The zero-order valence-corrected chi connectivity index (χ0v) is 18.2. The lowest BCUT2D eigenvalue weighted by Crippen LogP contribution is -2.39. The summed E-state index contributed by atoms with van der Waals surface area (Å²) in [6, 6.07) is 1.17. The zero-order valence-electron chi connectivity index (χ0n) is 15.8. The van der Waals surface area contributed by atoms with Gasteiger partial charge in [0, 0.05) is 57.2 Å². The van der Waals surface area contributed by atoms with Gasteiger partial charge in [0.15, 0.2) is 5.96 Å². The molecule has 0 fully saturated rings. The van der Waals surface area contributed by atoms with Crippen LogP contribution in [-0.4, -0.2) is 58.7 Å². The van der Waals surface area contributed by atoms with E-state index in [4.69, 9.17) is 0 Å². The quantitative estimate of drug-likeness (QED) is 0.249. The highest BCUT2D eigenvalue weighted by molar-refractivity contribution is 14.0. The number of hydrogen-bond acceptors (Lipinski definition) is 3. The fraction of sp³-hybridized carbons (Fsp3) is 0.765. The highest BCUT2D eigenvalue weighted by atomic mass is 127. The minimum absolute atomic E-state index is 0. The Morgan fingerprint density at radius 1 is 1.21 bits per heavy atom. The summed E-state index contributed by atoms with van der Waals surface area (Å²) in [7, 11) is 0. The van der Waals surface area contributed by atoms with Crippen LogP contribution >= 0.6 is 24.0 Å². The van der Waals surface area contributed by atoms with Crippen molar-refractivity contribution in [3.8, 4) is 0 Å². The minimum Gasteiger partial charge on any atom is -0.357 e. The second-order valence-corrected chi connectivity index (χ2v) is 6.27. The van der Waals surface area contributed by atoms with Crippen molar-refractivity contribution in [2.24, 2.45) is 4.99 Å². The third-order valence-corrected chi connectivity index (χ3v) is 3.74. The maximum absolute atomic E-state index is 4.67. The maximum Gasteiger partial charge on any atom is 0.191 e. The van der Waals surface area contributed by atoms with Crippen LogP contribution in [0.15, 0.2) is 23.7 Å². The topological polar surface area (TPSA) is 57.5 Å². The Morgan fingerprint density at radius 3 is 2.46 bits per heavy atom. The van der Waals surface area contributed by atoms with Gasteiger partial charge in [-0.05, 0) is 41.0 Å². The Kier molecular flexibility index (Phi) is 13.0. The van der Waals surface area contributed by atoms with E-state index in [0.29, 0.717) is 12.1 Å². The van der Waals surface area contributed by atoms with E-state index in [-0.39, 0.29) is 24.0 Å². The maximum atomic E-state index is 4.67. The van der Waals surface area contributed by atoms with Crippen LogP contribution in [0.4, 0.5) is 0 Å². The molecule has 6 nitrogen and oxygen atoms in total. The molecule has 0 bridgehead atoms. The molecule has 1 aromatic heterocycles. The summed E-state index contributed by atoms with van der Waals surface area (Å²) < 4.78 is 2.06. The zero-order chi connectivity index (χ0) is 17.1. The Morgan fingerprint density at radius 2 is 1.92 bits per heavy atom. The van der Waals surface area contributed by atoms with E-state index in [1.165, 1.54) is 0 Å². The first-order valence-electron chi connectivity index (χ1n) is 8.78. The normalized spacial score (nSPS) is 11.9. The summed E-state index contributed by atoms with van der Waals surface area (Å²) in [5, 5.41) is 6.67. The van der Waals surface area contributed by atoms with Gasteiger partial charge in [0.2, 0.25) is 0 Å². The van der Waals surface area contributed by atoms with Crippen molar-refractivity contribution in [2.45, 2.75) is 59.7 Å². The number of hydrogen-bond donors (Lipinski definition) is 2. The molecule has 0 spiro atoms. The Hall–Kier alpha value is -0.830. The molecular formula is C17H35IN6. The second kappa shape index (κ2) is 13.5. The number of guanidine groups is 1. The van der Waals surface area contributed by atoms with Gasteiger partial charge < -0.3 is 15.2 Å². The van der Waals surface area contributed by atoms with Crippen LogP contribution in [-0.2, 0) is 6.54 Å². The van der Waals surface area contributed by atoms with Gasteiger partial charge in [0.25, 0.3) is 0 Å². The number of rotatable bonds is 10. The van der Waals surface area contributed by atoms with Crippen molar-refractivity contribution in [1.82, 2.24) is 25.1 Å². The summed E-state index contributed by atoms with van der Waals surface area (Å²) in [5.41, 5.74) is 0. The smallest absolute Gasteiger partial charge is 0.191 e. The molecular weight excluding hydrogens is 415 g/mol. The summed E-state index contributed by atoms with van der Waals surface area (Å²) in [4.78, 5) is 11.2. The van der Waals surface area contributed by atoms with Gasteiger partial charge in [-0.2, -0.15) is 0 Å². The predicted octanol–water partition coefficient (Wildman–Crippen LogP) is 2.57. The molecule has 0 amide bonds. The van der Waals surface area contributed by atoms with Crippen LogP contribution in [0.2, 0.25) is 0 Å². The van der Waals surface area contributed by atoms with Gasteiger partial charge in [-0.1, -0.05) is 0 Å². The number of aliphatic imine (C=N–C) groups is 1. The van der Waals surface area contributed by atoms with E-state index in [1.54, 1.807) is 6.20 Å². The molecule has 0 aliphatic rings. The van der Waals surface area contributed by atoms with Crippen LogP contribution in [0, 0.1) is 0 Å². The van der Waals surface area contributed by atoms with Gasteiger partial charge in [0.1, 0.15) is 0 Å². The number of nitrogens with one attached hydrogen (secondary N) is 2. The third-order valence-electron chi connectivity index (χ3n) is 3.74. The third kappa shape index (κ3) is 9.46. The summed E-state index contributed by atoms with van der Waals surface area (Å²) in [6.45, 7) is 15.6. The average Bonchev–Trinajstić information content (AvgIpc) is 2.99. The van der Waals surface area contributed by atoms with Crippen LogP contribution in [0.3, 0.4) is 0 Å². The number of imidazole rings is 1. The molecule has 1 aromatic rings. The van der Waals surface area contributed by atoms with Crippen molar-refractivity contribution >= 4 is 29.9 Å². The molecule has 0 atom stereocenters. The number of nitrogens with zero attached hydrogens (tertiary/aromatic N) is 4. The Labute approximate surface area is 164 Å².